The van der Waals surface area contributed by atoms with E-state index in [0.29, 0.717) is 34.2 Å². The molecule has 1 aliphatic heterocycles. The second kappa shape index (κ2) is 7.77. The fourth-order valence-corrected chi connectivity index (χ4v) is 2.51. The number of rotatable bonds is 5. The molecule has 1 aliphatic rings. The van der Waals surface area contributed by atoms with Gasteiger partial charge >= 0.3 is 0 Å². The van der Waals surface area contributed by atoms with Gasteiger partial charge in [0.15, 0.2) is 6.61 Å². The molecule has 2 amide bonds. The second-order valence-corrected chi connectivity index (χ2v) is 5.79. The van der Waals surface area contributed by atoms with Crippen LogP contribution in [-0.2, 0) is 4.79 Å². The number of carbonyl (C=O) groups excluding carboxylic acids is 2. The summed E-state index contributed by atoms with van der Waals surface area (Å²) < 4.78 is 15.6. The Bertz CT molecular complexity index is 901. The first kappa shape index (κ1) is 18.2. The van der Waals surface area contributed by atoms with Crippen molar-refractivity contribution in [2.45, 2.75) is 6.92 Å². The monoisotopic (exact) mass is 369 g/mol. The molecule has 0 saturated carbocycles. The van der Waals surface area contributed by atoms with Gasteiger partial charge in [-0.15, -0.1) is 0 Å². The lowest BCUT2D eigenvalue weighted by Gasteiger charge is -2.18. The van der Waals surface area contributed by atoms with Gasteiger partial charge in [0.1, 0.15) is 17.2 Å². The van der Waals surface area contributed by atoms with Gasteiger partial charge in [0, 0.05) is 11.6 Å². The molecule has 2 aromatic carbocycles. The van der Waals surface area contributed by atoms with E-state index in [9.17, 15) is 9.59 Å². The zero-order chi connectivity index (χ0) is 19.4. The molecule has 0 spiro atoms. The summed E-state index contributed by atoms with van der Waals surface area (Å²) in [4.78, 5) is 23.8. The van der Waals surface area contributed by atoms with Gasteiger partial charge in [-0.1, -0.05) is 0 Å². The van der Waals surface area contributed by atoms with Gasteiger partial charge < -0.3 is 19.5 Å². The molecule has 1 heterocycles. The number of nitrogens with zero attached hydrogens (tertiary/aromatic N) is 1. The number of carbonyl (C=O) groups is 2. The number of fused-ring (bicyclic) bond motifs is 1. The molecule has 0 atom stereocenters. The average molecular weight is 369 g/mol. The largest absolute Gasteiger partial charge is 0.497 e. The van der Waals surface area contributed by atoms with E-state index in [1.54, 1.807) is 43.3 Å². The SMILES string of the molecule is COc1cc(OC)cc(C(=O)N/N=C(/C)c2ccc3c(c2)NC(=O)CO3)c1. The van der Waals surface area contributed by atoms with Crippen LogP contribution in [0.15, 0.2) is 41.5 Å². The number of anilines is 1. The Kier molecular flexibility index (Phi) is 5.25. The van der Waals surface area contributed by atoms with Crippen molar-refractivity contribution < 1.29 is 23.8 Å². The van der Waals surface area contributed by atoms with Gasteiger partial charge in [-0.2, -0.15) is 5.10 Å². The Morgan fingerprint density at radius 3 is 2.48 bits per heavy atom. The number of amides is 2. The Balaban J connectivity index is 1.77. The first-order valence-electron chi connectivity index (χ1n) is 8.15. The lowest BCUT2D eigenvalue weighted by Crippen LogP contribution is -2.25. The Morgan fingerprint density at radius 1 is 1.11 bits per heavy atom. The molecular weight excluding hydrogens is 350 g/mol. The van der Waals surface area contributed by atoms with Gasteiger partial charge in [0.05, 0.1) is 25.6 Å². The fraction of sp³-hybridized carbons (Fsp3) is 0.211. The van der Waals surface area contributed by atoms with E-state index in [-0.39, 0.29) is 12.5 Å². The zero-order valence-electron chi connectivity index (χ0n) is 15.2. The smallest absolute Gasteiger partial charge is 0.271 e. The number of hydrogen-bond acceptors (Lipinski definition) is 6. The number of benzene rings is 2. The molecule has 3 rings (SSSR count). The standard InChI is InChI=1S/C19H19N3O5/c1-11(12-4-5-17-16(8-12)20-18(23)10-27-17)21-22-19(24)13-6-14(25-2)9-15(7-13)26-3/h4-9H,10H2,1-3H3,(H,20,23)(H,22,24)/b21-11-. The van der Waals surface area contributed by atoms with E-state index < -0.39 is 5.91 Å². The van der Waals surface area contributed by atoms with Gasteiger partial charge in [0.25, 0.3) is 11.8 Å². The maximum atomic E-state index is 12.4. The van der Waals surface area contributed by atoms with Crippen molar-refractivity contribution in [2.24, 2.45) is 5.10 Å². The predicted molar refractivity (Wildman–Crippen MR) is 99.8 cm³/mol. The number of nitrogens with one attached hydrogen (secondary N) is 2. The maximum Gasteiger partial charge on any atom is 0.271 e. The van der Waals surface area contributed by atoms with Crippen molar-refractivity contribution in [3.8, 4) is 17.2 Å². The van der Waals surface area contributed by atoms with Crippen LogP contribution in [-0.4, -0.2) is 38.4 Å². The van der Waals surface area contributed by atoms with E-state index in [0.717, 1.165) is 5.56 Å². The van der Waals surface area contributed by atoms with Crippen LogP contribution in [0.4, 0.5) is 5.69 Å². The number of hydrazone groups is 1. The molecule has 8 heteroatoms. The van der Waals surface area contributed by atoms with Gasteiger partial charge in [-0.3, -0.25) is 9.59 Å². The summed E-state index contributed by atoms with van der Waals surface area (Å²) in [5.41, 5.74) is 4.74. The van der Waals surface area contributed by atoms with Crippen molar-refractivity contribution in [1.29, 1.82) is 0 Å². The van der Waals surface area contributed by atoms with Crippen LogP contribution in [0.25, 0.3) is 0 Å². The maximum absolute atomic E-state index is 12.4. The van der Waals surface area contributed by atoms with Gasteiger partial charge in [0.2, 0.25) is 0 Å². The van der Waals surface area contributed by atoms with Crippen LogP contribution < -0.4 is 25.0 Å². The summed E-state index contributed by atoms with van der Waals surface area (Å²) in [5, 5.41) is 6.87. The molecule has 0 aromatic heterocycles. The highest BCUT2D eigenvalue weighted by atomic mass is 16.5. The van der Waals surface area contributed by atoms with Crippen LogP contribution in [0.3, 0.4) is 0 Å². The first-order chi connectivity index (χ1) is 13.0. The minimum Gasteiger partial charge on any atom is -0.497 e. The molecule has 2 N–H and O–H groups in total. The first-order valence-corrected chi connectivity index (χ1v) is 8.15. The average Bonchev–Trinajstić information content (AvgIpc) is 2.70. The summed E-state index contributed by atoms with van der Waals surface area (Å²) in [6, 6.07) is 10.2. The predicted octanol–water partition coefficient (Wildman–Crippen LogP) is 2.19. The van der Waals surface area contributed by atoms with Crippen LogP contribution in [0.2, 0.25) is 0 Å². The lowest BCUT2D eigenvalue weighted by molar-refractivity contribution is -0.118. The number of ether oxygens (including phenoxy) is 3. The number of hydrogen-bond donors (Lipinski definition) is 2. The summed E-state index contributed by atoms with van der Waals surface area (Å²) in [5.74, 6) is 0.991. The minimum absolute atomic E-state index is 0.000520. The highest BCUT2D eigenvalue weighted by Gasteiger charge is 2.16. The highest BCUT2D eigenvalue weighted by molar-refractivity contribution is 6.03. The van der Waals surface area contributed by atoms with E-state index in [2.05, 4.69) is 15.8 Å². The van der Waals surface area contributed by atoms with Crippen molar-refractivity contribution in [2.75, 3.05) is 26.1 Å². The van der Waals surface area contributed by atoms with E-state index in [1.807, 2.05) is 0 Å². The van der Waals surface area contributed by atoms with Crippen LogP contribution in [0.5, 0.6) is 17.2 Å². The molecule has 27 heavy (non-hydrogen) atoms. The van der Waals surface area contributed by atoms with Gasteiger partial charge in [-0.05, 0) is 42.8 Å². The molecule has 0 radical (unpaired) electrons. The molecule has 0 fully saturated rings. The topological polar surface area (TPSA) is 98.3 Å². The molecule has 0 bridgehead atoms. The van der Waals surface area contributed by atoms with Crippen LogP contribution in [0, 0.1) is 0 Å². The molecule has 2 aromatic rings. The van der Waals surface area contributed by atoms with E-state index >= 15 is 0 Å². The lowest BCUT2D eigenvalue weighted by atomic mass is 10.1. The Morgan fingerprint density at radius 2 is 1.81 bits per heavy atom. The van der Waals surface area contributed by atoms with Crippen LogP contribution >= 0.6 is 0 Å². The summed E-state index contributed by atoms with van der Waals surface area (Å²) in [6.07, 6.45) is 0. The normalized spacial score (nSPS) is 13.1. The van der Waals surface area contributed by atoms with E-state index in [1.165, 1.54) is 14.2 Å². The minimum atomic E-state index is -0.402. The molecular formula is C19H19N3O5. The van der Waals surface area contributed by atoms with E-state index in [4.69, 9.17) is 14.2 Å². The third-order valence-electron chi connectivity index (χ3n) is 3.97. The van der Waals surface area contributed by atoms with Crippen molar-refractivity contribution in [1.82, 2.24) is 5.43 Å². The summed E-state index contributed by atoms with van der Waals surface area (Å²) in [6.45, 7) is 1.75. The highest BCUT2D eigenvalue weighted by Crippen LogP contribution is 2.28. The van der Waals surface area contributed by atoms with Gasteiger partial charge in [-0.25, -0.2) is 5.43 Å². The van der Waals surface area contributed by atoms with Crippen molar-refractivity contribution >= 4 is 23.2 Å². The number of methoxy groups -OCH3 is 2. The van der Waals surface area contributed by atoms with Crippen LogP contribution in [0.1, 0.15) is 22.8 Å². The third kappa shape index (κ3) is 4.17. The second-order valence-electron chi connectivity index (χ2n) is 5.79. The molecule has 8 nitrogen and oxygen atoms in total. The fourth-order valence-electron chi connectivity index (χ4n) is 2.51. The third-order valence-corrected chi connectivity index (χ3v) is 3.97. The molecule has 140 valence electrons. The Labute approximate surface area is 156 Å². The molecule has 0 aliphatic carbocycles. The van der Waals surface area contributed by atoms with Crippen molar-refractivity contribution in [3.63, 3.8) is 0 Å². The molecule has 0 unspecified atom stereocenters. The zero-order valence-corrected chi connectivity index (χ0v) is 15.2. The summed E-state index contributed by atoms with van der Waals surface area (Å²) >= 11 is 0. The summed E-state index contributed by atoms with van der Waals surface area (Å²) in [7, 11) is 3.02. The Hall–Kier alpha value is -3.55. The van der Waals surface area contributed by atoms with Crippen molar-refractivity contribution in [3.05, 3.63) is 47.5 Å². The quantitative estimate of drug-likeness (QED) is 0.622. The molecule has 0 saturated heterocycles.